The van der Waals surface area contributed by atoms with E-state index in [9.17, 15) is 9.18 Å². The summed E-state index contributed by atoms with van der Waals surface area (Å²) in [5.41, 5.74) is 0.843. The Hall–Kier alpha value is -2.19. The molecule has 3 aromatic rings. The number of hydrogen-bond acceptors (Lipinski definition) is 5. The molecule has 3 rings (SSSR count). The lowest BCUT2D eigenvalue weighted by molar-refractivity contribution is -0.119. The molecule has 0 saturated carbocycles. The molecule has 24 heavy (non-hydrogen) atoms. The molecule has 0 fully saturated rings. The highest BCUT2D eigenvalue weighted by Crippen LogP contribution is 2.26. The van der Waals surface area contributed by atoms with Crippen molar-refractivity contribution >= 4 is 29.0 Å². The number of benzene rings is 1. The van der Waals surface area contributed by atoms with E-state index in [2.05, 4.69) is 15.5 Å². The second kappa shape index (κ2) is 7.59. The number of hydrogen-bond donors (Lipinski definition) is 1. The molecule has 1 amide bonds. The molecule has 0 aliphatic heterocycles. The van der Waals surface area contributed by atoms with Gasteiger partial charge in [-0.2, -0.15) is 0 Å². The Labute approximate surface area is 146 Å². The van der Waals surface area contributed by atoms with Gasteiger partial charge in [-0.1, -0.05) is 30.0 Å². The van der Waals surface area contributed by atoms with Crippen molar-refractivity contribution < 1.29 is 9.18 Å². The number of carbonyl (C=O) groups is 1. The summed E-state index contributed by atoms with van der Waals surface area (Å²) in [6.45, 7) is 0. The van der Waals surface area contributed by atoms with Crippen LogP contribution in [0.15, 0.2) is 53.3 Å². The molecule has 0 saturated heterocycles. The van der Waals surface area contributed by atoms with Crippen LogP contribution in [0, 0.1) is 5.82 Å². The Morgan fingerprint density at radius 2 is 2.17 bits per heavy atom. The summed E-state index contributed by atoms with van der Waals surface area (Å²) in [6, 6.07) is 9.77. The van der Waals surface area contributed by atoms with Gasteiger partial charge in [0.1, 0.15) is 12.1 Å². The zero-order chi connectivity index (χ0) is 16.9. The minimum atomic E-state index is -0.298. The lowest BCUT2D eigenvalue weighted by Gasteiger charge is -2.18. The highest BCUT2D eigenvalue weighted by molar-refractivity contribution is 7.99. The molecule has 0 unspecified atom stereocenters. The fraction of sp³-hybridized carbons (Fsp3) is 0.188. The first-order valence-electron chi connectivity index (χ1n) is 7.18. The molecular weight excluding hydrogens is 347 g/mol. The van der Waals surface area contributed by atoms with Gasteiger partial charge in [0.2, 0.25) is 5.91 Å². The van der Waals surface area contributed by atoms with Crippen LogP contribution in [-0.4, -0.2) is 26.4 Å². The van der Waals surface area contributed by atoms with Gasteiger partial charge < -0.3 is 9.88 Å². The summed E-state index contributed by atoms with van der Waals surface area (Å²) in [5, 5.41) is 13.4. The zero-order valence-electron chi connectivity index (χ0n) is 12.8. The molecule has 2 aromatic heterocycles. The summed E-state index contributed by atoms with van der Waals surface area (Å²) >= 11 is 2.87. The molecule has 0 aliphatic rings. The minimum Gasteiger partial charge on any atom is -0.344 e. The van der Waals surface area contributed by atoms with E-state index in [0.29, 0.717) is 5.16 Å². The third kappa shape index (κ3) is 4.01. The molecule has 1 atom stereocenters. The van der Waals surface area contributed by atoms with Gasteiger partial charge in [0, 0.05) is 11.9 Å². The number of carbonyl (C=O) groups excluding carboxylic acids is 1. The number of thioether (sulfide) groups is 1. The number of amides is 1. The second-order valence-electron chi connectivity index (χ2n) is 5.08. The smallest absolute Gasteiger partial charge is 0.231 e. The van der Waals surface area contributed by atoms with E-state index in [4.69, 9.17) is 0 Å². The van der Waals surface area contributed by atoms with Crippen molar-refractivity contribution in [2.75, 3.05) is 5.75 Å². The van der Waals surface area contributed by atoms with Crippen LogP contribution in [0.1, 0.15) is 16.5 Å². The Balaban J connectivity index is 1.71. The highest BCUT2D eigenvalue weighted by atomic mass is 32.2. The van der Waals surface area contributed by atoms with Crippen molar-refractivity contribution in [1.29, 1.82) is 0 Å². The number of halogens is 1. The van der Waals surface area contributed by atoms with Crippen molar-refractivity contribution in [1.82, 2.24) is 20.1 Å². The van der Waals surface area contributed by atoms with Gasteiger partial charge in [0.05, 0.1) is 11.8 Å². The number of aromatic nitrogens is 3. The van der Waals surface area contributed by atoms with Gasteiger partial charge in [-0.25, -0.2) is 4.39 Å². The van der Waals surface area contributed by atoms with E-state index in [-0.39, 0.29) is 23.5 Å². The first-order valence-corrected chi connectivity index (χ1v) is 9.05. The number of thiophene rings is 1. The average Bonchev–Trinajstić information content (AvgIpc) is 3.23. The SMILES string of the molecule is Cn1cnnc1SCC(=O)N[C@H](c1ccc(F)cc1)c1cccs1. The molecule has 0 radical (unpaired) electrons. The maximum atomic E-state index is 13.2. The monoisotopic (exact) mass is 362 g/mol. The Kier molecular flexibility index (Phi) is 5.27. The first kappa shape index (κ1) is 16.7. The fourth-order valence-corrected chi connectivity index (χ4v) is 3.67. The van der Waals surface area contributed by atoms with Crippen LogP contribution in [-0.2, 0) is 11.8 Å². The van der Waals surface area contributed by atoms with Gasteiger partial charge in [-0.15, -0.1) is 21.5 Å². The third-order valence-electron chi connectivity index (χ3n) is 3.34. The van der Waals surface area contributed by atoms with Gasteiger partial charge in [-0.05, 0) is 29.1 Å². The Bertz CT molecular complexity index is 802. The van der Waals surface area contributed by atoms with E-state index in [1.54, 1.807) is 34.4 Å². The summed E-state index contributed by atoms with van der Waals surface area (Å²) in [6.07, 6.45) is 1.59. The maximum Gasteiger partial charge on any atom is 0.231 e. The van der Waals surface area contributed by atoms with Crippen molar-refractivity contribution in [3.05, 3.63) is 64.4 Å². The van der Waals surface area contributed by atoms with E-state index in [1.165, 1.54) is 23.9 Å². The molecule has 0 bridgehead atoms. The van der Waals surface area contributed by atoms with Gasteiger partial charge in [0.25, 0.3) is 0 Å². The summed E-state index contributed by atoms with van der Waals surface area (Å²) in [4.78, 5) is 13.3. The van der Waals surface area contributed by atoms with Gasteiger partial charge >= 0.3 is 0 Å². The standard InChI is InChI=1S/C16H15FN4OS2/c1-21-10-18-20-16(21)24-9-14(22)19-15(13-3-2-8-23-13)11-4-6-12(17)7-5-11/h2-8,10,15H,9H2,1H3,(H,19,22)/t15-/m1/s1. The molecule has 1 N–H and O–H groups in total. The predicted octanol–water partition coefficient (Wildman–Crippen LogP) is 3.01. The predicted molar refractivity (Wildman–Crippen MR) is 92.4 cm³/mol. The molecule has 0 aliphatic carbocycles. The summed E-state index contributed by atoms with van der Waals surface area (Å²) in [5.74, 6) is -0.186. The summed E-state index contributed by atoms with van der Waals surface area (Å²) < 4.78 is 14.9. The average molecular weight is 362 g/mol. The Morgan fingerprint density at radius 1 is 1.38 bits per heavy atom. The normalized spacial score (nSPS) is 12.1. The van der Waals surface area contributed by atoms with Crippen LogP contribution < -0.4 is 5.32 Å². The Morgan fingerprint density at radius 3 is 2.79 bits per heavy atom. The first-order chi connectivity index (χ1) is 11.6. The molecular formula is C16H15FN4OS2. The lowest BCUT2D eigenvalue weighted by atomic mass is 10.1. The highest BCUT2D eigenvalue weighted by Gasteiger charge is 2.18. The molecule has 2 heterocycles. The van der Waals surface area contributed by atoms with Crippen LogP contribution in [0.2, 0.25) is 0 Å². The molecule has 124 valence electrons. The van der Waals surface area contributed by atoms with Crippen LogP contribution in [0.5, 0.6) is 0 Å². The number of nitrogens with one attached hydrogen (secondary N) is 1. The van der Waals surface area contributed by atoms with Crippen LogP contribution in [0.4, 0.5) is 4.39 Å². The van der Waals surface area contributed by atoms with E-state index >= 15 is 0 Å². The molecule has 5 nitrogen and oxygen atoms in total. The van der Waals surface area contributed by atoms with E-state index in [1.807, 2.05) is 24.6 Å². The molecule has 0 spiro atoms. The van der Waals surface area contributed by atoms with Crippen molar-refractivity contribution in [3.8, 4) is 0 Å². The molecule has 1 aromatic carbocycles. The van der Waals surface area contributed by atoms with Gasteiger partial charge in [0.15, 0.2) is 5.16 Å². The fourth-order valence-electron chi connectivity index (χ4n) is 2.17. The van der Waals surface area contributed by atoms with Crippen LogP contribution in [0.3, 0.4) is 0 Å². The second-order valence-corrected chi connectivity index (χ2v) is 7.00. The zero-order valence-corrected chi connectivity index (χ0v) is 14.5. The lowest BCUT2D eigenvalue weighted by Crippen LogP contribution is -2.30. The number of nitrogens with zero attached hydrogens (tertiary/aromatic N) is 3. The quantitative estimate of drug-likeness (QED) is 0.685. The third-order valence-corrected chi connectivity index (χ3v) is 5.31. The van der Waals surface area contributed by atoms with Crippen molar-refractivity contribution in [2.24, 2.45) is 7.05 Å². The topological polar surface area (TPSA) is 59.8 Å². The largest absolute Gasteiger partial charge is 0.344 e. The van der Waals surface area contributed by atoms with Crippen molar-refractivity contribution in [2.45, 2.75) is 11.2 Å². The van der Waals surface area contributed by atoms with Gasteiger partial charge in [-0.3, -0.25) is 4.79 Å². The summed E-state index contributed by atoms with van der Waals surface area (Å²) in [7, 11) is 1.83. The maximum absolute atomic E-state index is 13.2. The number of rotatable bonds is 6. The van der Waals surface area contributed by atoms with Crippen molar-refractivity contribution in [3.63, 3.8) is 0 Å². The van der Waals surface area contributed by atoms with E-state index in [0.717, 1.165) is 10.4 Å². The van der Waals surface area contributed by atoms with Crippen LogP contribution in [0.25, 0.3) is 0 Å². The minimum absolute atomic E-state index is 0.120. The molecule has 8 heteroatoms. The van der Waals surface area contributed by atoms with E-state index < -0.39 is 0 Å². The number of aryl methyl sites for hydroxylation is 1. The van der Waals surface area contributed by atoms with Crippen LogP contribution >= 0.6 is 23.1 Å².